The van der Waals surface area contributed by atoms with Crippen molar-refractivity contribution in [1.29, 1.82) is 0 Å². The quantitative estimate of drug-likeness (QED) is 0.571. The smallest absolute Gasteiger partial charge is 0.224 e. The highest BCUT2D eigenvalue weighted by Gasteiger charge is 2.10. The van der Waals surface area contributed by atoms with E-state index in [4.69, 9.17) is 4.74 Å². The van der Waals surface area contributed by atoms with E-state index in [1.165, 1.54) is 0 Å². The van der Waals surface area contributed by atoms with E-state index in [2.05, 4.69) is 32.7 Å². The number of carbonyl (C=O) groups excluding carboxylic acids is 1. The van der Waals surface area contributed by atoms with E-state index < -0.39 is 0 Å². The number of ether oxygens (including phenoxy) is 1. The molecule has 5 nitrogen and oxygen atoms in total. The van der Waals surface area contributed by atoms with Crippen LogP contribution in [-0.2, 0) is 24.8 Å². The van der Waals surface area contributed by atoms with Crippen molar-refractivity contribution in [3.05, 3.63) is 66.5 Å². The minimum absolute atomic E-state index is 0.0420. The molecule has 0 saturated carbocycles. The van der Waals surface area contributed by atoms with Gasteiger partial charge >= 0.3 is 0 Å². The summed E-state index contributed by atoms with van der Waals surface area (Å²) in [6, 6.07) is 16.2. The van der Waals surface area contributed by atoms with Gasteiger partial charge in [0.1, 0.15) is 5.75 Å². The average Bonchev–Trinajstić information content (AvgIpc) is 3.23. The number of aromatic nitrogens is 2. The number of aryl methyl sites for hydroxylation is 1. The number of fused-ring (bicyclic) bond motifs is 2. The van der Waals surface area contributed by atoms with Crippen LogP contribution in [0.1, 0.15) is 5.56 Å². The number of nitrogens with zero attached hydrogens (tertiary/aromatic N) is 2. The molecule has 0 radical (unpaired) electrons. The van der Waals surface area contributed by atoms with Crippen LogP contribution >= 0.6 is 0 Å². The van der Waals surface area contributed by atoms with Gasteiger partial charge in [-0.15, -0.1) is 0 Å². The van der Waals surface area contributed by atoms with Crippen molar-refractivity contribution in [1.82, 2.24) is 14.5 Å². The first-order chi connectivity index (χ1) is 13.2. The standard InChI is InChI=1S/C22H23N3O2/c1-24-15-16(17-6-3-4-7-19(17)24)14-22(26)23-11-13-25-12-10-18-20(25)8-5-9-21(18)27-2/h3-10,12,15H,11,13-14H2,1-2H3,(H,23,26). The third-order valence-corrected chi connectivity index (χ3v) is 5.00. The molecule has 0 aliphatic carbocycles. The second kappa shape index (κ2) is 7.19. The Bertz CT molecular complexity index is 1110. The number of para-hydroxylation sites is 1. The van der Waals surface area contributed by atoms with E-state index in [1.807, 2.05) is 49.8 Å². The Balaban J connectivity index is 1.40. The Labute approximate surface area is 158 Å². The molecular formula is C22H23N3O2. The van der Waals surface area contributed by atoms with Gasteiger partial charge in [-0.05, 0) is 29.8 Å². The van der Waals surface area contributed by atoms with E-state index in [0.29, 0.717) is 13.0 Å². The maximum Gasteiger partial charge on any atom is 0.224 e. The summed E-state index contributed by atoms with van der Waals surface area (Å²) in [5.74, 6) is 0.909. The molecule has 2 aromatic carbocycles. The van der Waals surface area contributed by atoms with Crippen molar-refractivity contribution in [2.24, 2.45) is 7.05 Å². The highest BCUT2D eigenvalue weighted by molar-refractivity contribution is 5.89. The number of amides is 1. The number of nitrogens with one attached hydrogen (secondary N) is 1. The van der Waals surface area contributed by atoms with Gasteiger partial charge in [0.25, 0.3) is 0 Å². The van der Waals surface area contributed by atoms with Gasteiger partial charge in [-0.3, -0.25) is 4.79 Å². The lowest BCUT2D eigenvalue weighted by atomic mass is 10.1. The second-order valence-electron chi connectivity index (χ2n) is 6.71. The zero-order chi connectivity index (χ0) is 18.8. The summed E-state index contributed by atoms with van der Waals surface area (Å²) < 4.78 is 9.60. The fourth-order valence-electron chi connectivity index (χ4n) is 3.69. The maximum atomic E-state index is 12.4. The van der Waals surface area contributed by atoms with Crippen molar-refractivity contribution in [3.8, 4) is 5.75 Å². The minimum Gasteiger partial charge on any atom is -0.496 e. The van der Waals surface area contributed by atoms with Crippen LogP contribution < -0.4 is 10.1 Å². The van der Waals surface area contributed by atoms with Crippen LogP contribution in [0.4, 0.5) is 0 Å². The Morgan fingerprint density at radius 2 is 1.85 bits per heavy atom. The van der Waals surface area contributed by atoms with Crippen LogP contribution in [0.5, 0.6) is 5.75 Å². The molecule has 0 saturated heterocycles. The van der Waals surface area contributed by atoms with E-state index in [-0.39, 0.29) is 5.91 Å². The molecule has 1 N–H and O–H groups in total. The number of methoxy groups -OCH3 is 1. The molecule has 0 aliphatic rings. The molecule has 138 valence electrons. The van der Waals surface area contributed by atoms with Crippen LogP contribution in [0, 0.1) is 0 Å². The van der Waals surface area contributed by atoms with Crippen molar-refractivity contribution in [3.63, 3.8) is 0 Å². The average molecular weight is 361 g/mol. The van der Waals surface area contributed by atoms with Gasteiger partial charge in [0.05, 0.1) is 19.0 Å². The topological polar surface area (TPSA) is 48.2 Å². The van der Waals surface area contributed by atoms with Crippen molar-refractivity contribution in [2.45, 2.75) is 13.0 Å². The zero-order valence-corrected chi connectivity index (χ0v) is 15.6. The summed E-state index contributed by atoms with van der Waals surface area (Å²) in [6.07, 6.45) is 4.46. The molecule has 4 rings (SSSR count). The number of benzene rings is 2. The first-order valence-electron chi connectivity index (χ1n) is 9.09. The summed E-state index contributed by atoms with van der Waals surface area (Å²) in [4.78, 5) is 12.4. The van der Waals surface area contributed by atoms with Crippen molar-refractivity contribution < 1.29 is 9.53 Å². The molecule has 27 heavy (non-hydrogen) atoms. The summed E-state index contributed by atoms with van der Waals surface area (Å²) in [5.41, 5.74) is 3.31. The van der Waals surface area contributed by atoms with Crippen molar-refractivity contribution in [2.75, 3.05) is 13.7 Å². The summed E-state index contributed by atoms with van der Waals surface area (Å²) in [7, 11) is 3.69. The Morgan fingerprint density at radius 3 is 2.70 bits per heavy atom. The first kappa shape index (κ1) is 17.2. The van der Waals surface area contributed by atoms with E-state index in [9.17, 15) is 4.79 Å². The lowest BCUT2D eigenvalue weighted by Crippen LogP contribution is -2.28. The zero-order valence-electron chi connectivity index (χ0n) is 15.6. The molecule has 0 fully saturated rings. The lowest BCUT2D eigenvalue weighted by Gasteiger charge is -2.08. The van der Waals surface area contributed by atoms with Crippen LogP contribution in [0.15, 0.2) is 60.9 Å². The Hall–Kier alpha value is -3.21. The molecule has 1 amide bonds. The van der Waals surface area contributed by atoms with Gasteiger partial charge in [-0.2, -0.15) is 0 Å². The SMILES string of the molecule is COc1cccc2c1ccn2CCNC(=O)Cc1cn(C)c2ccccc12. The van der Waals surface area contributed by atoms with Gasteiger partial charge < -0.3 is 19.2 Å². The van der Waals surface area contributed by atoms with E-state index >= 15 is 0 Å². The van der Waals surface area contributed by atoms with Gasteiger partial charge in [0.15, 0.2) is 0 Å². The largest absolute Gasteiger partial charge is 0.496 e. The van der Waals surface area contributed by atoms with Crippen molar-refractivity contribution >= 4 is 27.7 Å². The molecule has 5 heteroatoms. The van der Waals surface area contributed by atoms with Gasteiger partial charge in [0.2, 0.25) is 5.91 Å². The molecule has 0 aliphatic heterocycles. The van der Waals surface area contributed by atoms with E-state index in [0.717, 1.165) is 39.7 Å². The van der Waals surface area contributed by atoms with Gasteiger partial charge in [-0.25, -0.2) is 0 Å². The normalized spacial score (nSPS) is 11.2. The molecule has 2 heterocycles. The van der Waals surface area contributed by atoms with Crippen LogP contribution in [0.3, 0.4) is 0 Å². The minimum atomic E-state index is 0.0420. The molecule has 2 aromatic heterocycles. The summed E-state index contributed by atoms with van der Waals surface area (Å²) in [5, 5.41) is 5.26. The van der Waals surface area contributed by atoms with Crippen LogP contribution in [-0.4, -0.2) is 28.7 Å². The molecule has 0 atom stereocenters. The number of rotatable bonds is 6. The highest BCUT2D eigenvalue weighted by atomic mass is 16.5. The summed E-state index contributed by atoms with van der Waals surface area (Å²) >= 11 is 0. The molecule has 0 bridgehead atoms. The first-order valence-corrected chi connectivity index (χ1v) is 9.09. The number of hydrogen-bond donors (Lipinski definition) is 1. The predicted octanol–water partition coefficient (Wildman–Crippen LogP) is 3.50. The molecular weight excluding hydrogens is 338 g/mol. The third-order valence-electron chi connectivity index (χ3n) is 5.00. The van der Waals surface area contributed by atoms with Gasteiger partial charge in [0, 0.05) is 48.8 Å². The maximum absolute atomic E-state index is 12.4. The second-order valence-corrected chi connectivity index (χ2v) is 6.71. The predicted molar refractivity (Wildman–Crippen MR) is 108 cm³/mol. The fraction of sp³-hybridized carbons (Fsp3) is 0.227. The fourth-order valence-corrected chi connectivity index (χ4v) is 3.69. The Kier molecular flexibility index (Phi) is 4.59. The lowest BCUT2D eigenvalue weighted by molar-refractivity contribution is -0.120. The third kappa shape index (κ3) is 3.28. The number of carbonyl (C=O) groups is 1. The Morgan fingerprint density at radius 1 is 1.04 bits per heavy atom. The van der Waals surface area contributed by atoms with Crippen LogP contribution in [0.25, 0.3) is 21.8 Å². The van der Waals surface area contributed by atoms with Gasteiger partial charge in [-0.1, -0.05) is 24.3 Å². The van der Waals surface area contributed by atoms with E-state index in [1.54, 1.807) is 7.11 Å². The van der Waals surface area contributed by atoms with Crippen LogP contribution in [0.2, 0.25) is 0 Å². The molecule has 0 unspecified atom stereocenters. The molecule has 0 spiro atoms. The summed E-state index contributed by atoms with van der Waals surface area (Å²) in [6.45, 7) is 1.31. The monoisotopic (exact) mass is 361 g/mol. The molecule has 4 aromatic rings. The number of hydrogen-bond acceptors (Lipinski definition) is 2. The highest BCUT2D eigenvalue weighted by Crippen LogP contribution is 2.26.